The van der Waals surface area contributed by atoms with Crippen LogP contribution in [0.4, 0.5) is 20.3 Å². The Balaban J connectivity index is 0.814. The van der Waals surface area contributed by atoms with Crippen LogP contribution in [0.3, 0.4) is 0 Å². The molecule has 6 heterocycles. The summed E-state index contributed by atoms with van der Waals surface area (Å²) in [5, 5.41) is 16.4. The Hall–Kier alpha value is -6.95. The van der Waals surface area contributed by atoms with E-state index >= 15 is 8.78 Å². The van der Waals surface area contributed by atoms with E-state index in [4.69, 9.17) is 9.72 Å². The summed E-state index contributed by atoms with van der Waals surface area (Å²) < 4.78 is 66.1. The van der Waals surface area contributed by atoms with Gasteiger partial charge in [0, 0.05) is 81.8 Å². The van der Waals surface area contributed by atoms with Crippen LogP contribution in [-0.4, -0.2) is 141 Å². The normalized spacial score (nSPS) is 16.6. The fourth-order valence-corrected chi connectivity index (χ4v) is 11.7. The number of aliphatic hydroxyl groups excluding tert-OH is 1. The monoisotopic (exact) mass is 1100 g/mol. The SMILES string of the molecule is CCCS(=O)(=O)Nc1ccc(F)c(-n2cc(-c3cncnc3)c3nc(N(C)C4CCN(C(=O)CCOCCC(=O)NC(C(=O)N5CC(O)CC5C(=O)NCc5ccc(-c6scnc6C)cc5)C(C)(C)C)CC4)ccc32)c1F. The minimum absolute atomic E-state index is 0.00584. The molecule has 0 spiro atoms. The van der Waals surface area contributed by atoms with Gasteiger partial charge in [0.1, 0.15) is 35.7 Å². The summed E-state index contributed by atoms with van der Waals surface area (Å²) in [6.45, 7) is 10.3. The van der Waals surface area contributed by atoms with E-state index in [9.17, 15) is 32.7 Å². The molecule has 3 unspecified atom stereocenters. The molecule has 4 aromatic heterocycles. The van der Waals surface area contributed by atoms with Gasteiger partial charge in [0.25, 0.3) is 0 Å². The largest absolute Gasteiger partial charge is 0.391 e. The molecule has 77 heavy (non-hydrogen) atoms. The van der Waals surface area contributed by atoms with E-state index in [0.29, 0.717) is 60.3 Å². The number of rotatable bonds is 20. The zero-order valence-corrected chi connectivity index (χ0v) is 45.6. The number of anilines is 2. The Morgan fingerprint density at radius 2 is 1.69 bits per heavy atom. The van der Waals surface area contributed by atoms with Gasteiger partial charge in [-0.1, -0.05) is 52.0 Å². The number of hydrogen-bond acceptors (Lipinski definition) is 14. The number of β-amino-alcohol motifs (C(OH)–C–C–N with tert-alkyl or cyclic N) is 1. The van der Waals surface area contributed by atoms with Gasteiger partial charge < -0.3 is 39.7 Å². The van der Waals surface area contributed by atoms with Crippen molar-refractivity contribution < 1.29 is 46.2 Å². The van der Waals surface area contributed by atoms with Crippen molar-refractivity contribution in [3.63, 3.8) is 0 Å². The van der Waals surface area contributed by atoms with Gasteiger partial charge in [0.05, 0.1) is 64.3 Å². The Morgan fingerprint density at radius 3 is 2.36 bits per heavy atom. The van der Waals surface area contributed by atoms with E-state index in [1.54, 1.807) is 53.2 Å². The highest BCUT2D eigenvalue weighted by molar-refractivity contribution is 7.92. The van der Waals surface area contributed by atoms with Gasteiger partial charge in [-0.25, -0.2) is 37.1 Å². The van der Waals surface area contributed by atoms with E-state index in [1.165, 1.54) is 22.0 Å². The minimum atomic E-state index is -3.89. The Kier molecular flexibility index (Phi) is 17.7. The molecule has 2 saturated heterocycles. The molecule has 19 nitrogen and oxygen atoms in total. The zero-order valence-electron chi connectivity index (χ0n) is 44.0. The maximum Gasteiger partial charge on any atom is 0.246 e. The average molecular weight is 1100 g/mol. The standard InChI is InChI=1S/C54H65F2N11O8S2/c1-7-24-77(73,74)63-41-13-12-40(55)49(47(41)56)66-30-39(36-27-57-31-58-28-36)48-42(66)14-15-44(61-48)64(6)37-16-20-65(21-17-37)46(70)19-23-75-22-18-45(69)62-51(54(3,4)5)53(72)67-29-38(68)25-43(67)52(71)59-26-34-8-10-35(11-9-34)50-33(2)60-32-76-50/h8-15,27-28,30-32,37-38,43,51,63,68H,7,16-26,29H2,1-6H3,(H,59,71)(H,62,69). The van der Waals surface area contributed by atoms with Crippen LogP contribution in [0, 0.1) is 24.0 Å². The highest BCUT2D eigenvalue weighted by Crippen LogP contribution is 2.37. The van der Waals surface area contributed by atoms with Crippen LogP contribution < -0.4 is 20.3 Å². The maximum absolute atomic E-state index is 16.1. The van der Waals surface area contributed by atoms with E-state index in [0.717, 1.165) is 33.8 Å². The number of pyridine rings is 1. The van der Waals surface area contributed by atoms with Crippen LogP contribution in [0.5, 0.6) is 0 Å². The average Bonchev–Trinajstić information content (AvgIpc) is 4.15. The van der Waals surface area contributed by atoms with Crippen LogP contribution in [-0.2, 0) is 40.5 Å². The van der Waals surface area contributed by atoms with Crippen molar-refractivity contribution in [2.24, 2.45) is 5.41 Å². The number of amides is 4. The topological polar surface area (TPSA) is 234 Å². The number of nitrogens with zero attached hydrogens (tertiary/aromatic N) is 8. The number of carbonyl (C=O) groups is 4. The smallest absolute Gasteiger partial charge is 0.246 e. The molecule has 410 valence electrons. The Bertz CT molecular complexity index is 3200. The summed E-state index contributed by atoms with van der Waals surface area (Å²) in [5.41, 5.74) is 4.82. The molecule has 2 fully saturated rings. The van der Waals surface area contributed by atoms with E-state index in [1.807, 2.05) is 63.9 Å². The van der Waals surface area contributed by atoms with Crippen molar-refractivity contribution in [1.29, 1.82) is 0 Å². The second-order valence-electron chi connectivity index (χ2n) is 20.5. The predicted molar refractivity (Wildman–Crippen MR) is 289 cm³/mol. The second kappa shape index (κ2) is 24.2. The third-order valence-electron chi connectivity index (χ3n) is 13.9. The summed E-state index contributed by atoms with van der Waals surface area (Å²) in [6.07, 6.45) is 6.73. The first-order valence-corrected chi connectivity index (χ1v) is 28.2. The van der Waals surface area contributed by atoms with Crippen molar-refractivity contribution in [3.05, 3.63) is 102 Å². The first kappa shape index (κ1) is 56.3. The number of fused-ring (bicyclic) bond motifs is 1. The van der Waals surface area contributed by atoms with Crippen LogP contribution in [0.25, 0.3) is 38.3 Å². The molecule has 4 amide bonds. The van der Waals surface area contributed by atoms with Gasteiger partial charge in [0.2, 0.25) is 33.7 Å². The molecule has 2 aromatic carbocycles. The van der Waals surface area contributed by atoms with Crippen molar-refractivity contribution in [3.8, 4) is 27.3 Å². The number of aromatic nitrogens is 5. The summed E-state index contributed by atoms with van der Waals surface area (Å²) >= 11 is 1.56. The molecule has 0 radical (unpaired) electrons. The van der Waals surface area contributed by atoms with Crippen molar-refractivity contribution in [2.45, 2.75) is 104 Å². The number of piperidine rings is 1. The van der Waals surface area contributed by atoms with Gasteiger partial charge in [0.15, 0.2) is 5.82 Å². The van der Waals surface area contributed by atoms with Crippen LogP contribution >= 0.6 is 11.3 Å². The lowest BCUT2D eigenvalue weighted by atomic mass is 9.85. The number of likely N-dealkylation sites (tertiary alicyclic amines) is 2. The molecule has 0 bridgehead atoms. The first-order chi connectivity index (χ1) is 36.7. The van der Waals surface area contributed by atoms with Crippen molar-refractivity contribution in [2.75, 3.05) is 55.3 Å². The van der Waals surface area contributed by atoms with Crippen molar-refractivity contribution >= 4 is 67.5 Å². The summed E-state index contributed by atoms with van der Waals surface area (Å²) in [7, 11) is -1.99. The minimum Gasteiger partial charge on any atom is -0.391 e. The fraction of sp³-hybridized carbons (Fsp3) is 0.444. The lowest BCUT2D eigenvalue weighted by molar-refractivity contribution is -0.144. The lowest BCUT2D eigenvalue weighted by Crippen LogP contribution is -2.57. The van der Waals surface area contributed by atoms with E-state index < -0.39 is 68.7 Å². The lowest BCUT2D eigenvalue weighted by Gasteiger charge is -2.37. The van der Waals surface area contributed by atoms with Crippen LogP contribution in [0.2, 0.25) is 0 Å². The number of carbonyl (C=O) groups excluding carboxylic acids is 4. The van der Waals surface area contributed by atoms with Crippen molar-refractivity contribution in [1.82, 2.24) is 44.9 Å². The summed E-state index contributed by atoms with van der Waals surface area (Å²) in [6, 6.07) is 11.4. The molecule has 6 aromatic rings. The first-order valence-electron chi connectivity index (χ1n) is 25.6. The molecule has 2 aliphatic rings. The Labute approximate surface area is 450 Å². The van der Waals surface area contributed by atoms with Crippen LogP contribution in [0.15, 0.2) is 79.0 Å². The summed E-state index contributed by atoms with van der Waals surface area (Å²) in [5.74, 6) is -3.07. The highest BCUT2D eigenvalue weighted by atomic mass is 32.2. The maximum atomic E-state index is 16.1. The number of halogens is 2. The van der Waals surface area contributed by atoms with Gasteiger partial charge in [-0.3, -0.25) is 23.9 Å². The third-order valence-corrected chi connectivity index (χ3v) is 16.4. The zero-order chi connectivity index (χ0) is 55.2. The molecule has 8 rings (SSSR count). The molecular weight excluding hydrogens is 1030 g/mol. The third kappa shape index (κ3) is 13.3. The predicted octanol–water partition coefficient (Wildman–Crippen LogP) is 6.38. The molecule has 23 heteroatoms. The number of hydrogen-bond donors (Lipinski definition) is 4. The second-order valence-corrected chi connectivity index (χ2v) is 23.2. The highest BCUT2D eigenvalue weighted by Gasteiger charge is 2.44. The fourth-order valence-electron chi connectivity index (χ4n) is 9.74. The number of thiazole rings is 1. The van der Waals surface area contributed by atoms with E-state index in [-0.39, 0.29) is 69.0 Å². The van der Waals surface area contributed by atoms with E-state index in [2.05, 4.69) is 30.3 Å². The number of aliphatic hydroxyl groups is 1. The quantitative estimate of drug-likeness (QED) is 0.0609. The molecule has 0 aliphatic carbocycles. The van der Waals surface area contributed by atoms with Gasteiger partial charge >= 0.3 is 0 Å². The number of sulfonamides is 1. The molecule has 4 N–H and O–H groups in total. The number of aryl methyl sites for hydroxylation is 1. The van der Waals surface area contributed by atoms with Gasteiger partial charge in [-0.05, 0) is 67.0 Å². The summed E-state index contributed by atoms with van der Waals surface area (Å²) in [4.78, 5) is 78.0. The van der Waals surface area contributed by atoms with Gasteiger partial charge in [-0.15, -0.1) is 11.3 Å². The number of benzene rings is 2. The number of nitrogens with one attached hydrogen (secondary N) is 3. The number of ether oxygens (including phenoxy) is 1. The molecule has 0 saturated carbocycles. The Morgan fingerprint density at radius 1 is 0.974 bits per heavy atom. The van der Waals surface area contributed by atoms with Crippen LogP contribution in [0.1, 0.15) is 77.5 Å². The molecule has 3 atom stereocenters. The molecule has 2 aliphatic heterocycles. The molecular formula is C54H65F2N11O8S2. The van der Waals surface area contributed by atoms with Gasteiger partial charge in [-0.2, -0.15) is 0 Å².